The second-order valence-electron chi connectivity index (χ2n) is 7.56. The summed E-state index contributed by atoms with van der Waals surface area (Å²) < 4.78 is 11.7. The van der Waals surface area contributed by atoms with Gasteiger partial charge >= 0.3 is 0 Å². The quantitative estimate of drug-likeness (QED) is 0.270. The average molecular weight is 560 g/mol. The molecular formula is C22H34IN5O2S. The van der Waals surface area contributed by atoms with Crippen LogP contribution in [-0.2, 0) is 13.1 Å². The molecule has 1 aromatic heterocycles. The monoisotopic (exact) mass is 559 g/mol. The molecule has 0 atom stereocenters. The molecule has 0 unspecified atom stereocenters. The van der Waals surface area contributed by atoms with Gasteiger partial charge in [-0.1, -0.05) is 0 Å². The average Bonchev–Trinajstić information content (AvgIpc) is 3.43. The van der Waals surface area contributed by atoms with E-state index in [1.54, 1.807) is 18.4 Å². The van der Waals surface area contributed by atoms with Crippen molar-refractivity contribution in [3.63, 3.8) is 0 Å². The van der Waals surface area contributed by atoms with E-state index in [1.807, 2.05) is 37.2 Å². The number of guanidine groups is 1. The van der Waals surface area contributed by atoms with Gasteiger partial charge < -0.3 is 25.0 Å². The van der Waals surface area contributed by atoms with E-state index in [1.165, 1.54) is 12.8 Å². The van der Waals surface area contributed by atoms with Gasteiger partial charge in [0.1, 0.15) is 11.5 Å². The summed E-state index contributed by atoms with van der Waals surface area (Å²) in [6.07, 6.45) is 5.01. The minimum absolute atomic E-state index is 0. The zero-order valence-corrected chi connectivity index (χ0v) is 22.0. The Hall–Kier alpha value is -1.75. The molecule has 1 heterocycles. The van der Waals surface area contributed by atoms with Crippen LogP contribution in [0.2, 0.25) is 0 Å². The lowest BCUT2D eigenvalue weighted by molar-refractivity contribution is 0.207. The number of aliphatic imine (C=N–C) groups is 1. The van der Waals surface area contributed by atoms with Crippen molar-refractivity contribution < 1.29 is 9.47 Å². The van der Waals surface area contributed by atoms with Crippen LogP contribution in [0.5, 0.6) is 11.5 Å². The molecule has 172 valence electrons. The van der Waals surface area contributed by atoms with E-state index >= 15 is 0 Å². The summed E-state index contributed by atoms with van der Waals surface area (Å²) in [4.78, 5) is 11.4. The Morgan fingerprint density at radius 2 is 2.03 bits per heavy atom. The Labute approximate surface area is 206 Å². The highest BCUT2D eigenvalue weighted by Gasteiger charge is 2.18. The van der Waals surface area contributed by atoms with Gasteiger partial charge in [0.15, 0.2) is 11.1 Å². The largest absolute Gasteiger partial charge is 0.497 e. The lowest BCUT2D eigenvalue weighted by atomic mass is 10.2. The number of methoxy groups -OCH3 is 1. The molecule has 31 heavy (non-hydrogen) atoms. The van der Waals surface area contributed by atoms with Crippen molar-refractivity contribution in [3.8, 4) is 11.5 Å². The van der Waals surface area contributed by atoms with Crippen LogP contribution < -0.4 is 25.0 Å². The molecule has 3 rings (SSSR count). The van der Waals surface area contributed by atoms with Crippen molar-refractivity contribution in [1.29, 1.82) is 0 Å². The maximum atomic E-state index is 6.29. The third-order valence-corrected chi connectivity index (χ3v) is 6.04. The summed E-state index contributed by atoms with van der Waals surface area (Å²) >= 11 is 1.64. The number of halogens is 1. The number of hydrogen-bond acceptors (Lipinski definition) is 6. The molecule has 7 nitrogen and oxygen atoms in total. The Morgan fingerprint density at radius 1 is 1.26 bits per heavy atom. The SMILES string of the molecule is CCNC(=NCc1ccc(OC)cc1OC1CCCC1)NCc1csc(N(C)C)n1.I. The van der Waals surface area contributed by atoms with Crippen molar-refractivity contribution >= 4 is 46.4 Å². The summed E-state index contributed by atoms with van der Waals surface area (Å²) in [7, 11) is 5.68. The number of aromatic nitrogens is 1. The van der Waals surface area contributed by atoms with Gasteiger partial charge in [-0.2, -0.15) is 0 Å². The van der Waals surface area contributed by atoms with E-state index in [4.69, 9.17) is 14.5 Å². The number of benzene rings is 1. The molecule has 9 heteroatoms. The molecule has 0 amide bonds. The third kappa shape index (κ3) is 7.71. The van der Waals surface area contributed by atoms with Gasteiger partial charge in [-0.15, -0.1) is 35.3 Å². The van der Waals surface area contributed by atoms with E-state index in [0.717, 1.165) is 53.2 Å². The first-order chi connectivity index (χ1) is 14.6. The molecule has 2 N–H and O–H groups in total. The molecule has 0 bridgehead atoms. The van der Waals surface area contributed by atoms with E-state index in [2.05, 4.69) is 27.9 Å². The van der Waals surface area contributed by atoms with Crippen LogP contribution in [-0.4, -0.2) is 44.8 Å². The van der Waals surface area contributed by atoms with Gasteiger partial charge in [0.05, 0.1) is 32.0 Å². The zero-order chi connectivity index (χ0) is 21.3. The summed E-state index contributed by atoms with van der Waals surface area (Å²) in [5.74, 6) is 2.44. The van der Waals surface area contributed by atoms with Gasteiger partial charge in [-0.3, -0.25) is 0 Å². The zero-order valence-electron chi connectivity index (χ0n) is 18.8. The number of anilines is 1. The second-order valence-corrected chi connectivity index (χ2v) is 8.40. The number of ether oxygens (including phenoxy) is 2. The number of nitrogens with one attached hydrogen (secondary N) is 2. The van der Waals surface area contributed by atoms with Crippen molar-refractivity contribution in [2.45, 2.75) is 51.8 Å². The summed E-state index contributed by atoms with van der Waals surface area (Å²) in [6.45, 7) is 4.01. The van der Waals surface area contributed by atoms with Gasteiger partial charge in [0, 0.05) is 37.6 Å². The highest BCUT2D eigenvalue weighted by Crippen LogP contribution is 2.30. The maximum Gasteiger partial charge on any atom is 0.191 e. The molecule has 1 aliphatic carbocycles. The molecule has 0 aliphatic heterocycles. The summed E-state index contributed by atoms with van der Waals surface area (Å²) in [5, 5.41) is 9.75. The van der Waals surface area contributed by atoms with Crippen LogP contribution in [0, 0.1) is 0 Å². The van der Waals surface area contributed by atoms with Crippen LogP contribution in [0.4, 0.5) is 5.13 Å². The molecule has 0 saturated heterocycles. The van der Waals surface area contributed by atoms with Gasteiger partial charge in [-0.25, -0.2) is 9.98 Å². The first-order valence-corrected chi connectivity index (χ1v) is 11.4. The van der Waals surface area contributed by atoms with Gasteiger partial charge in [0.25, 0.3) is 0 Å². The third-order valence-electron chi connectivity index (χ3n) is 4.98. The lowest BCUT2D eigenvalue weighted by Gasteiger charge is -2.17. The fraction of sp³-hybridized carbons (Fsp3) is 0.545. The molecule has 2 aromatic rings. The molecule has 0 spiro atoms. The first kappa shape index (κ1) is 25.5. The van der Waals surface area contributed by atoms with E-state index in [9.17, 15) is 0 Å². The smallest absolute Gasteiger partial charge is 0.191 e. The fourth-order valence-electron chi connectivity index (χ4n) is 3.35. The molecular weight excluding hydrogens is 525 g/mol. The van der Waals surface area contributed by atoms with Crippen LogP contribution in [0.1, 0.15) is 43.9 Å². The minimum Gasteiger partial charge on any atom is -0.497 e. The lowest BCUT2D eigenvalue weighted by Crippen LogP contribution is -2.36. The van der Waals surface area contributed by atoms with Gasteiger partial charge in [-0.05, 0) is 44.7 Å². The molecule has 1 fully saturated rings. The van der Waals surface area contributed by atoms with Crippen molar-refractivity contribution in [1.82, 2.24) is 15.6 Å². The topological polar surface area (TPSA) is 71.0 Å². The minimum atomic E-state index is 0. The maximum absolute atomic E-state index is 6.29. The predicted octanol–water partition coefficient (Wildman–Crippen LogP) is 4.41. The normalized spacial score (nSPS) is 14.1. The van der Waals surface area contributed by atoms with Crippen LogP contribution >= 0.6 is 35.3 Å². The van der Waals surface area contributed by atoms with Crippen LogP contribution in [0.25, 0.3) is 0 Å². The van der Waals surface area contributed by atoms with Gasteiger partial charge in [0.2, 0.25) is 0 Å². The number of nitrogens with zero attached hydrogens (tertiary/aromatic N) is 3. The fourth-order valence-corrected chi connectivity index (χ4v) is 4.11. The first-order valence-electron chi connectivity index (χ1n) is 10.6. The molecule has 1 saturated carbocycles. The van der Waals surface area contributed by atoms with E-state index < -0.39 is 0 Å². The van der Waals surface area contributed by atoms with Crippen LogP contribution in [0.15, 0.2) is 28.6 Å². The Kier molecular flexibility index (Phi) is 10.7. The highest BCUT2D eigenvalue weighted by molar-refractivity contribution is 14.0. The molecule has 1 aromatic carbocycles. The summed E-state index contributed by atoms with van der Waals surface area (Å²) in [6, 6.07) is 5.98. The summed E-state index contributed by atoms with van der Waals surface area (Å²) in [5.41, 5.74) is 2.06. The van der Waals surface area contributed by atoms with Crippen LogP contribution in [0.3, 0.4) is 0 Å². The van der Waals surface area contributed by atoms with Crippen molar-refractivity contribution in [2.75, 3.05) is 32.6 Å². The highest BCUT2D eigenvalue weighted by atomic mass is 127. The Balaban J connectivity index is 0.00000341. The number of thiazole rings is 1. The van der Waals surface area contributed by atoms with E-state index in [0.29, 0.717) is 19.2 Å². The van der Waals surface area contributed by atoms with Crippen molar-refractivity contribution in [2.24, 2.45) is 4.99 Å². The standard InChI is InChI=1S/C22H33N5O2S.HI/c1-5-23-21(25-14-17-15-30-22(26-17)27(2)3)24-13-16-10-11-19(28-4)12-20(16)29-18-8-6-7-9-18;/h10-12,15,18H,5-9,13-14H2,1-4H3,(H2,23,24,25);1H. The van der Waals surface area contributed by atoms with E-state index in [-0.39, 0.29) is 24.0 Å². The van der Waals surface area contributed by atoms with Crippen molar-refractivity contribution in [3.05, 3.63) is 34.8 Å². The molecule has 1 aliphatic rings. The predicted molar refractivity (Wildman–Crippen MR) is 139 cm³/mol. The number of rotatable bonds is 9. The molecule has 0 radical (unpaired) electrons. The second kappa shape index (κ2) is 12.9. The Bertz CT molecular complexity index is 837. The number of hydrogen-bond donors (Lipinski definition) is 2. The Morgan fingerprint density at radius 3 is 2.68 bits per heavy atom.